The highest BCUT2D eigenvalue weighted by Crippen LogP contribution is 2.25. The van der Waals surface area contributed by atoms with Gasteiger partial charge in [0.1, 0.15) is 10.2 Å². The van der Waals surface area contributed by atoms with E-state index >= 15 is 0 Å². The molecule has 2 aromatic rings. The third kappa shape index (κ3) is 5.63. The summed E-state index contributed by atoms with van der Waals surface area (Å²) in [5.74, 6) is 0.130. The van der Waals surface area contributed by atoms with Crippen molar-refractivity contribution in [3.8, 4) is 0 Å². The largest absolute Gasteiger partial charge is 0.357 e. The normalized spacial score (nSPS) is 12.9. The van der Waals surface area contributed by atoms with Crippen LogP contribution in [0.25, 0.3) is 0 Å². The molecule has 0 aliphatic rings. The smallest absolute Gasteiger partial charge is 0.241 e. The molecule has 1 N–H and O–H groups in total. The fraction of sp³-hybridized carbons (Fsp3) is 0.0769. The molecule has 1 unspecified atom stereocenters. The van der Waals surface area contributed by atoms with Crippen molar-refractivity contribution in [2.75, 3.05) is 0 Å². The summed E-state index contributed by atoms with van der Waals surface area (Å²) in [7, 11) is -4.62. The van der Waals surface area contributed by atoms with Gasteiger partial charge in [-0.05, 0) is 12.1 Å². The molecule has 0 radical (unpaired) electrons. The van der Waals surface area contributed by atoms with Gasteiger partial charge in [-0.2, -0.15) is 14.0 Å². The maximum atomic E-state index is 10.9. The van der Waals surface area contributed by atoms with E-state index in [-0.39, 0.29) is 16.4 Å². The topological polar surface area (TPSA) is 119 Å². The predicted octanol–water partition coefficient (Wildman–Crippen LogP) is 0.146. The second-order valence-electron chi connectivity index (χ2n) is 4.32. The average Bonchev–Trinajstić information content (AvgIpc) is 2.47. The molecular formula is C13H11Cl2NO6S+2. The fourth-order valence-corrected chi connectivity index (χ4v) is 4.13. The Labute approximate surface area is 141 Å². The Morgan fingerprint density at radius 1 is 1.09 bits per heavy atom. The summed E-state index contributed by atoms with van der Waals surface area (Å²) in [5, 5.41) is 9.31. The molecule has 0 aliphatic carbocycles. The van der Waals surface area contributed by atoms with Crippen LogP contribution in [-0.2, 0) is 20.7 Å². The Morgan fingerprint density at radius 3 is 2.13 bits per heavy atom. The Balaban J connectivity index is 2.26. The van der Waals surface area contributed by atoms with Crippen LogP contribution >= 0.6 is 11.6 Å². The zero-order chi connectivity index (χ0) is 17.0. The minimum atomic E-state index is -4.62. The van der Waals surface area contributed by atoms with Gasteiger partial charge in [-0.25, -0.2) is 5.21 Å². The molecule has 2 rings (SSSR count). The summed E-state index contributed by atoms with van der Waals surface area (Å²) < 4.78 is 37.3. The first-order valence-electron chi connectivity index (χ1n) is 6.07. The van der Waals surface area contributed by atoms with Crippen molar-refractivity contribution in [3.05, 3.63) is 64.0 Å². The quantitative estimate of drug-likeness (QED) is 0.563. The van der Waals surface area contributed by atoms with E-state index in [4.69, 9.17) is 16.8 Å². The monoisotopic (exact) mass is 379 g/mol. The zero-order valence-electron chi connectivity index (χ0n) is 11.4. The van der Waals surface area contributed by atoms with Crippen LogP contribution in [0.15, 0.2) is 53.4 Å². The minimum absolute atomic E-state index is 0.0358. The highest BCUT2D eigenvalue weighted by molar-refractivity contribution is 7.91. The van der Waals surface area contributed by atoms with Crippen LogP contribution in [0.2, 0.25) is 5.02 Å². The minimum Gasteiger partial charge on any atom is -0.241 e. The van der Waals surface area contributed by atoms with E-state index in [1.807, 2.05) is 0 Å². The van der Waals surface area contributed by atoms with Crippen LogP contribution in [0.5, 0.6) is 0 Å². The number of hydrogen-bond donors (Lipinski definition) is 1. The van der Waals surface area contributed by atoms with Gasteiger partial charge in [0.2, 0.25) is 4.90 Å². The summed E-state index contributed by atoms with van der Waals surface area (Å²) >= 11 is 4.39. The number of hydrogen-bond acceptors (Lipinski definition) is 5. The lowest BCUT2D eigenvalue weighted by molar-refractivity contribution is -1.91. The molecule has 0 aromatic heterocycles. The Bertz CT molecular complexity index is 674. The molecule has 122 valence electrons. The Morgan fingerprint density at radius 2 is 1.65 bits per heavy atom. The van der Waals surface area contributed by atoms with Crippen LogP contribution < -0.4 is 14.0 Å². The van der Waals surface area contributed by atoms with Crippen molar-refractivity contribution in [2.45, 2.75) is 10.6 Å². The number of benzene rings is 2. The van der Waals surface area contributed by atoms with E-state index in [2.05, 4.69) is 3.74 Å². The van der Waals surface area contributed by atoms with Gasteiger partial charge < -0.3 is 0 Å². The second kappa shape index (κ2) is 7.45. The van der Waals surface area contributed by atoms with E-state index in [9.17, 15) is 18.9 Å². The molecule has 7 nitrogen and oxygen atoms in total. The predicted molar refractivity (Wildman–Crippen MR) is 73.4 cm³/mol. The van der Waals surface area contributed by atoms with Crippen molar-refractivity contribution < 1.29 is 38.1 Å². The summed E-state index contributed by atoms with van der Waals surface area (Å²) in [4.78, 5) is 10.8. The summed E-state index contributed by atoms with van der Waals surface area (Å²) in [6.07, 6.45) is 0. The first-order chi connectivity index (χ1) is 10.7. The molecule has 2 aromatic carbocycles. The summed E-state index contributed by atoms with van der Waals surface area (Å²) in [6.45, 7) is 0. The molecule has 10 heteroatoms. The van der Waals surface area contributed by atoms with Crippen molar-refractivity contribution in [1.29, 1.82) is 0 Å². The molecule has 0 saturated carbocycles. The SMILES string of the molecule is O=[N+](O)c1ccc([S+](Cc2ccc(Cl)cc2)O[Cl+3]([O-])([O-])[O-])cc1. The molecule has 1 atom stereocenters. The zero-order valence-corrected chi connectivity index (χ0v) is 13.8. The molecule has 0 saturated heterocycles. The van der Waals surface area contributed by atoms with E-state index < -0.39 is 21.4 Å². The van der Waals surface area contributed by atoms with Gasteiger partial charge >= 0.3 is 16.9 Å². The van der Waals surface area contributed by atoms with Gasteiger partial charge in [-0.1, -0.05) is 23.7 Å². The van der Waals surface area contributed by atoms with Gasteiger partial charge in [0.15, 0.2) is 5.75 Å². The van der Waals surface area contributed by atoms with Gasteiger partial charge in [0, 0.05) is 34.9 Å². The lowest BCUT2D eigenvalue weighted by Crippen LogP contribution is -2.61. The lowest BCUT2D eigenvalue weighted by atomic mass is 10.2. The Kier molecular flexibility index (Phi) is 5.82. The molecule has 0 spiro atoms. The second-order valence-corrected chi connectivity index (χ2v) is 7.47. The molecule has 0 fully saturated rings. The molecule has 0 bridgehead atoms. The van der Waals surface area contributed by atoms with Gasteiger partial charge in [0.25, 0.3) is 8.66 Å². The maximum absolute atomic E-state index is 10.9. The lowest BCUT2D eigenvalue weighted by Gasteiger charge is -2.10. The molecular weight excluding hydrogens is 369 g/mol. The highest BCUT2D eigenvalue weighted by atomic mass is 35.7. The van der Waals surface area contributed by atoms with Gasteiger partial charge in [0.05, 0.1) is 4.91 Å². The third-order valence-electron chi connectivity index (χ3n) is 2.68. The first kappa shape index (κ1) is 18.0. The van der Waals surface area contributed by atoms with Crippen molar-refractivity contribution in [2.24, 2.45) is 0 Å². The number of halogens is 2. The Hall–Kier alpha value is -1.39. The standard InChI is InChI=1S/C13H11Cl2NO6S/c14-11-3-1-10(2-4-11)9-23(22-15(17,18)19)13-7-5-12(6-8-13)16(20)21/h1-8H,9H2,(H,20,21)/q+2. The summed E-state index contributed by atoms with van der Waals surface area (Å²) in [5.41, 5.74) is 0.680. The number of rotatable bonds is 6. The summed E-state index contributed by atoms with van der Waals surface area (Å²) in [6, 6.07) is 12.0. The van der Waals surface area contributed by atoms with E-state index in [0.717, 1.165) is 0 Å². The van der Waals surface area contributed by atoms with Crippen molar-refractivity contribution >= 4 is 28.5 Å². The molecule has 0 heterocycles. The van der Waals surface area contributed by atoms with E-state index in [0.29, 0.717) is 15.5 Å². The van der Waals surface area contributed by atoms with Crippen LogP contribution in [0, 0.1) is 15.2 Å². The first-order valence-corrected chi connectivity index (χ1v) is 9.00. The molecule has 0 amide bonds. The maximum Gasteiger partial charge on any atom is 0.357 e. The van der Waals surface area contributed by atoms with Gasteiger partial charge in [-0.3, -0.25) is 0 Å². The molecule has 23 heavy (non-hydrogen) atoms. The van der Waals surface area contributed by atoms with Gasteiger partial charge in [-0.15, -0.1) is 0 Å². The van der Waals surface area contributed by atoms with E-state index in [1.165, 1.54) is 24.3 Å². The van der Waals surface area contributed by atoms with E-state index in [1.54, 1.807) is 24.3 Å². The van der Waals surface area contributed by atoms with Crippen molar-refractivity contribution in [1.82, 2.24) is 0 Å². The third-order valence-corrected chi connectivity index (χ3v) is 5.56. The van der Waals surface area contributed by atoms with Crippen LogP contribution in [0.4, 0.5) is 5.69 Å². The number of nitrogens with zero attached hydrogens (tertiary/aromatic N) is 1. The van der Waals surface area contributed by atoms with Crippen molar-refractivity contribution in [3.63, 3.8) is 0 Å². The average molecular weight is 380 g/mol. The van der Waals surface area contributed by atoms with Crippen LogP contribution in [-0.4, -0.2) is 10.1 Å². The van der Waals surface area contributed by atoms with Crippen LogP contribution in [0.3, 0.4) is 0 Å². The highest BCUT2D eigenvalue weighted by Gasteiger charge is 2.43. The fourth-order valence-electron chi connectivity index (χ4n) is 1.69. The van der Waals surface area contributed by atoms with Crippen LogP contribution in [0.1, 0.15) is 5.56 Å². The molecule has 0 aliphatic heterocycles.